The molecule has 1 N–H and O–H groups in total. The van der Waals surface area contributed by atoms with Crippen LogP contribution in [0.5, 0.6) is 0 Å². The van der Waals surface area contributed by atoms with E-state index in [4.69, 9.17) is 0 Å². The molecule has 25 heavy (non-hydrogen) atoms. The number of nitrogens with one attached hydrogen (secondary N) is 1. The van der Waals surface area contributed by atoms with Gasteiger partial charge in [0.1, 0.15) is 5.69 Å². The molecule has 5 heteroatoms. The molecule has 1 amide bonds. The molecular formula is C20H24N4O. The first-order chi connectivity index (χ1) is 12.3. The molecule has 0 spiro atoms. The molecule has 1 saturated heterocycles. The number of nitrogens with zero attached hydrogens (tertiary/aromatic N) is 3. The number of piperazine rings is 1. The van der Waals surface area contributed by atoms with Crippen LogP contribution in [0, 0.1) is 0 Å². The van der Waals surface area contributed by atoms with Crippen LogP contribution >= 0.6 is 0 Å². The van der Waals surface area contributed by atoms with Crippen molar-refractivity contribution in [1.29, 1.82) is 0 Å². The largest absolute Gasteiger partial charge is 0.381 e. The van der Waals surface area contributed by atoms with Crippen LogP contribution in [0.3, 0.4) is 0 Å². The zero-order chi connectivity index (χ0) is 17.1. The van der Waals surface area contributed by atoms with Crippen LogP contribution in [0.15, 0.2) is 48.7 Å². The van der Waals surface area contributed by atoms with Crippen molar-refractivity contribution in [2.45, 2.75) is 25.4 Å². The Morgan fingerprint density at radius 2 is 1.80 bits per heavy atom. The van der Waals surface area contributed by atoms with E-state index in [0.29, 0.717) is 11.7 Å². The van der Waals surface area contributed by atoms with Crippen molar-refractivity contribution in [2.24, 2.45) is 0 Å². The van der Waals surface area contributed by atoms with Gasteiger partial charge in [0.25, 0.3) is 5.91 Å². The van der Waals surface area contributed by atoms with E-state index in [-0.39, 0.29) is 5.91 Å². The number of rotatable bonds is 5. The first kappa shape index (κ1) is 16.1. The van der Waals surface area contributed by atoms with Crippen molar-refractivity contribution in [3.05, 3.63) is 59.9 Å². The summed E-state index contributed by atoms with van der Waals surface area (Å²) < 4.78 is 0. The van der Waals surface area contributed by atoms with Gasteiger partial charge < -0.3 is 10.2 Å². The molecule has 2 aliphatic rings. The quantitative estimate of drug-likeness (QED) is 0.912. The summed E-state index contributed by atoms with van der Waals surface area (Å²) in [7, 11) is 0. The van der Waals surface area contributed by atoms with Crippen LogP contribution in [0.1, 0.15) is 28.9 Å². The lowest BCUT2D eigenvalue weighted by Crippen LogP contribution is -2.48. The zero-order valence-corrected chi connectivity index (χ0v) is 14.4. The highest BCUT2D eigenvalue weighted by molar-refractivity contribution is 5.92. The van der Waals surface area contributed by atoms with Gasteiger partial charge in [0.2, 0.25) is 0 Å². The number of amides is 1. The molecular weight excluding hydrogens is 312 g/mol. The maximum Gasteiger partial charge on any atom is 0.272 e. The van der Waals surface area contributed by atoms with Crippen molar-refractivity contribution in [3.63, 3.8) is 0 Å². The lowest BCUT2D eigenvalue weighted by Gasteiger charge is -2.34. The second-order valence-corrected chi connectivity index (χ2v) is 6.90. The van der Waals surface area contributed by atoms with E-state index in [1.165, 1.54) is 18.4 Å². The fraction of sp³-hybridized carbons (Fsp3) is 0.400. The Morgan fingerprint density at radius 1 is 1.04 bits per heavy atom. The lowest BCUT2D eigenvalue weighted by molar-refractivity contribution is 0.0623. The number of pyridine rings is 1. The van der Waals surface area contributed by atoms with Crippen LogP contribution < -0.4 is 5.32 Å². The standard InChI is InChI=1S/C20H24N4O/c25-20(19-9-8-18(14-21-19)22-17-6-7-17)24-12-10-23(11-13-24)15-16-4-2-1-3-5-16/h1-5,8-9,14,17,22H,6-7,10-13,15H2. The molecule has 1 aromatic heterocycles. The van der Waals surface area contributed by atoms with Crippen LogP contribution in [-0.2, 0) is 6.54 Å². The van der Waals surface area contributed by atoms with Gasteiger partial charge in [0.05, 0.1) is 11.9 Å². The molecule has 5 nitrogen and oxygen atoms in total. The van der Waals surface area contributed by atoms with Crippen molar-refractivity contribution >= 4 is 11.6 Å². The lowest BCUT2D eigenvalue weighted by atomic mass is 10.2. The Morgan fingerprint density at radius 3 is 2.44 bits per heavy atom. The molecule has 0 atom stereocenters. The van der Waals surface area contributed by atoms with Gasteiger partial charge in [-0.1, -0.05) is 30.3 Å². The zero-order valence-electron chi connectivity index (χ0n) is 14.4. The molecule has 0 unspecified atom stereocenters. The first-order valence-electron chi connectivity index (χ1n) is 9.06. The Hall–Kier alpha value is -2.40. The average molecular weight is 336 g/mol. The summed E-state index contributed by atoms with van der Waals surface area (Å²) in [6.45, 7) is 4.28. The van der Waals surface area contributed by atoms with Gasteiger partial charge >= 0.3 is 0 Å². The van der Waals surface area contributed by atoms with Crippen LogP contribution in [0.4, 0.5) is 5.69 Å². The molecule has 2 heterocycles. The number of benzene rings is 1. The van der Waals surface area contributed by atoms with Crippen molar-refractivity contribution in [3.8, 4) is 0 Å². The Labute approximate surface area is 148 Å². The molecule has 1 saturated carbocycles. The van der Waals surface area contributed by atoms with Gasteiger partial charge in [-0.25, -0.2) is 4.98 Å². The maximum absolute atomic E-state index is 12.6. The third-order valence-corrected chi connectivity index (χ3v) is 4.84. The summed E-state index contributed by atoms with van der Waals surface area (Å²) in [6.07, 6.45) is 4.24. The highest BCUT2D eigenvalue weighted by atomic mass is 16.2. The molecule has 0 bridgehead atoms. The molecule has 1 aromatic carbocycles. The molecule has 1 aliphatic carbocycles. The minimum absolute atomic E-state index is 0.0392. The molecule has 130 valence electrons. The topological polar surface area (TPSA) is 48.5 Å². The summed E-state index contributed by atoms with van der Waals surface area (Å²) in [6, 6.07) is 14.9. The smallest absolute Gasteiger partial charge is 0.272 e. The predicted molar refractivity (Wildman–Crippen MR) is 98.5 cm³/mol. The van der Waals surface area contributed by atoms with E-state index in [0.717, 1.165) is 38.4 Å². The molecule has 2 fully saturated rings. The molecule has 1 aliphatic heterocycles. The summed E-state index contributed by atoms with van der Waals surface area (Å²) in [4.78, 5) is 21.3. The SMILES string of the molecule is O=C(c1ccc(NC2CC2)cn1)N1CCN(Cc2ccccc2)CC1. The second-order valence-electron chi connectivity index (χ2n) is 6.90. The van der Waals surface area contributed by atoms with Gasteiger partial charge in [-0.05, 0) is 30.5 Å². The van der Waals surface area contributed by atoms with E-state index in [1.807, 2.05) is 23.1 Å². The summed E-state index contributed by atoms with van der Waals surface area (Å²) in [5, 5.41) is 3.40. The number of carbonyl (C=O) groups is 1. The first-order valence-corrected chi connectivity index (χ1v) is 9.06. The van der Waals surface area contributed by atoms with Gasteiger partial charge in [-0.15, -0.1) is 0 Å². The minimum atomic E-state index is 0.0392. The molecule has 2 aromatic rings. The summed E-state index contributed by atoms with van der Waals surface area (Å²) in [5.74, 6) is 0.0392. The Bertz CT molecular complexity index is 704. The summed E-state index contributed by atoms with van der Waals surface area (Å²) >= 11 is 0. The highest BCUT2D eigenvalue weighted by Gasteiger charge is 2.24. The van der Waals surface area contributed by atoms with Gasteiger partial charge in [-0.2, -0.15) is 0 Å². The number of hydrogen-bond acceptors (Lipinski definition) is 4. The van der Waals surface area contributed by atoms with Gasteiger partial charge in [0.15, 0.2) is 0 Å². The monoisotopic (exact) mass is 336 g/mol. The normalized spacial score (nSPS) is 18.2. The predicted octanol–water partition coefficient (Wildman–Crippen LogP) is 2.61. The third-order valence-electron chi connectivity index (χ3n) is 4.84. The fourth-order valence-corrected chi connectivity index (χ4v) is 3.18. The van der Waals surface area contributed by atoms with Crippen LogP contribution in [0.2, 0.25) is 0 Å². The van der Waals surface area contributed by atoms with Crippen LogP contribution in [0.25, 0.3) is 0 Å². The Kier molecular flexibility index (Phi) is 4.65. The van der Waals surface area contributed by atoms with Crippen molar-refractivity contribution in [1.82, 2.24) is 14.8 Å². The van der Waals surface area contributed by atoms with Crippen LogP contribution in [-0.4, -0.2) is 52.9 Å². The fourth-order valence-electron chi connectivity index (χ4n) is 3.18. The third kappa shape index (κ3) is 4.17. The summed E-state index contributed by atoms with van der Waals surface area (Å²) in [5.41, 5.74) is 2.87. The molecule has 4 rings (SSSR count). The van der Waals surface area contributed by atoms with E-state index in [2.05, 4.69) is 39.5 Å². The van der Waals surface area contributed by atoms with Crippen molar-refractivity contribution < 1.29 is 4.79 Å². The van der Waals surface area contributed by atoms with E-state index >= 15 is 0 Å². The van der Waals surface area contributed by atoms with E-state index < -0.39 is 0 Å². The number of carbonyl (C=O) groups excluding carboxylic acids is 1. The minimum Gasteiger partial charge on any atom is -0.381 e. The number of anilines is 1. The number of hydrogen-bond donors (Lipinski definition) is 1. The molecule has 0 radical (unpaired) electrons. The van der Waals surface area contributed by atoms with Gasteiger partial charge in [-0.3, -0.25) is 9.69 Å². The van der Waals surface area contributed by atoms with Gasteiger partial charge in [0, 0.05) is 38.8 Å². The number of aromatic nitrogens is 1. The Balaban J connectivity index is 1.30. The average Bonchev–Trinajstić information content (AvgIpc) is 3.47. The van der Waals surface area contributed by atoms with E-state index in [1.54, 1.807) is 6.20 Å². The highest BCUT2D eigenvalue weighted by Crippen LogP contribution is 2.24. The van der Waals surface area contributed by atoms with E-state index in [9.17, 15) is 4.79 Å². The maximum atomic E-state index is 12.6. The second kappa shape index (κ2) is 7.23. The van der Waals surface area contributed by atoms with Crippen molar-refractivity contribution in [2.75, 3.05) is 31.5 Å².